The summed E-state index contributed by atoms with van der Waals surface area (Å²) in [6, 6.07) is 5.98. The van der Waals surface area contributed by atoms with Crippen LogP contribution in [0.25, 0.3) is 0 Å². The number of halogens is 1. The molecule has 0 saturated carbocycles. The number of hydrogen-bond acceptors (Lipinski definition) is 4. The molecule has 0 spiro atoms. The Labute approximate surface area is 130 Å². The van der Waals surface area contributed by atoms with E-state index in [1.807, 2.05) is 6.26 Å². The van der Waals surface area contributed by atoms with Crippen LogP contribution in [0.2, 0.25) is 0 Å². The van der Waals surface area contributed by atoms with Crippen LogP contribution in [0, 0.1) is 5.82 Å². The Morgan fingerprint density at radius 3 is 2.86 bits per heavy atom. The second-order valence-electron chi connectivity index (χ2n) is 5.08. The summed E-state index contributed by atoms with van der Waals surface area (Å²) in [7, 11) is 1.74. The first-order chi connectivity index (χ1) is 10.5. The van der Waals surface area contributed by atoms with Crippen molar-refractivity contribution in [3.8, 4) is 0 Å². The molecule has 0 bridgehead atoms. The van der Waals surface area contributed by atoms with E-state index in [9.17, 15) is 14.0 Å². The van der Waals surface area contributed by atoms with Crippen molar-refractivity contribution in [3.63, 3.8) is 0 Å². The SMILES string of the molecule is CSc1nc(=O)c2c(n1C)NC(=O)CC2c1cccc(F)c1. The van der Waals surface area contributed by atoms with Crippen LogP contribution in [-0.4, -0.2) is 21.7 Å². The molecule has 114 valence electrons. The maximum absolute atomic E-state index is 13.5. The number of benzene rings is 1. The van der Waals surface area contributed by atoms with Gasteiger partial charge in [-0.1, -0.05) is 23.9 Å². The standard InChI is InChI=1S/C15H14FN3O2S/c1-19-13-12(14(21)18-15(19)22-2)10(7-11(20)17-13)8-4-3-5-9(16)6-8/h3-6,10H,7H2,1-2H3,(H,17,20). The molecule has 1 amide bonds. The third-order valence-electron chi connectivity index (χ3n) is 3.73. The van der Waals surface area contributed by atoms with Crippen LogP contribution in [-0.2, 0) is 11.8 Å². The summed E-state index contributed by atoms with van der Waals surface area (Å²) in [5.74, 6) is -0.637. The highest BCUT2D eigenvalue weighted by Gasteiger charge is 2.32. The van der Waals surface area contributed by atoms with Crippen LogP contribution in [0.15, 0.2) is 34.2 Å². The number of carbonyl (C=O) groups is 1. The molecule has 0 aliphatic carbocycles. The van der Waals surface area contributed by atoms with E-state index in [0.717, 1.165) is 0 Å². The van der Waals surface area contributed by atoms with Crippen molar-refractivity contribution in [2.75, 3.05) is 11.6 Å². The zero-order chi connectivity index (χ0) is 15.9. The molecule has 0 saturated heterocycles. The van der Waals surface area contributed by atoms with Gasteiger partial charge in [0.05, 0.1) is 5.56 Å². The van der Waals surface area contributed by atoms with Gasteiger partial charge in [0.2, 0.25) is 5.91 Å². The molecule has 1 N–H and O–H groups in total. The van der Waals surface area contributed by atoms with E-state index >= 15 is 0 Å². The lowest BCUT2D eigenvalue weighted by atomic mass is 9.87. The maximum Gasteiger partial charge on any atom is 0.279 e. The molecule has 7 heteroatoms. The monoisotopic (exact) mass is 319 g/mol. The molecule has 0 fully saturated rings. The summed E-state index contributed by atoms with van der Waals surface area (Å²) in [5.41, 5.74) is 0.629. The van der Waals surface area contributed by atoms with Gasteiger partial charge in [-0.05, 0) is 24.0 Å². The highest BCUT2D eigenvalue weighted by molar-refractivity contribution is 7.98. The number of nitrogens with zero attached hydrogens (tertiary/aromatic N) is 2. The molecule has 2 aromatic rings. The minimum atomic E-state index is -0.485. The highest BCUT2D eigenvalue weighted by atomic mass is 32.2. The van der Waals surface area contributed by atoms with E-state index in [2.05, 4.69) is 10.3 Å². The van der Waals surface area contributed by atoms with Gasteiger partial charge in [0.1, 0.15) is 11.6 Å². The lowest BCUT2D eigenvalue weighted by molar-refractivity contribution is -0.116. The first kappa shape index (κ1) is 14.8. The average Bonchev–Trinajstić information content (AvgIpc) is 2.50. The Bertz CT molecular complexity index is 819. The number of hydrogen-bond donors (Lipinski definition) is 1. The summed E-state index contributed by atoms with van der Waals surface area (Å²) in [5, 5.41) is 3.25. The topological polar surface area (TPSA) is 64.0 Å². The maximum atomic E-state index is 13.5. The van der Waals surface area contributed by atoms with Crippen LogP contribution in [0.4, 0.5) is 10.2 Å². The molecular formula is C15H14FN3O2S. The number of rotatable bonds is 2. The number of thioether (sulfide) groups is 1. The average molecular weight is 319 g/mol. The Morgan fingerprint density at radius 1 is 1.41 bits per heavy atom. The lowest BCUT2D eigenvalue weighted by Gasteiger charge is -2.27. The largest absolute Gasteiger partial charge is 0.312 e. The fourth-order valence-corrected chi connectivity index (χ4v) is 3.27. The predicted octanol–water partition coefficient (Wildman–Crippen LogP) is 2.12. The van der Waals surface area contributed by atoms with Gasteiger partial charge in [-0.2, -0.15) is 4.98 Å². The van der Waals surface area contributed by atoms with Crippen LogP contribution in [0.5, 0.6) is 0 Å². The highest BCUT2D eigenvalue weighted by Crippen LogP contribution is 2.35. The summed E-state index contributed by atoms with van der Waals surface area (Å²) in [4.78, 5) is 28.5. The zero-order valence-corrected chi connectivity index (χ0v) is 12.9. The number of amides is 1. The van der Waals surface area contributed by atoms with E-state index < -0.39 is 11.7 Å². The third kappa shape index (κ3) is 2.41. The van der Waals surface area contributed by atoms with E-state index in [0.29, 0.717) is 22.1 Å². The number of carbonyl (C=O) groups excluding carboxylic acids is 1. The first-order valence-electron chi connectivity index (χ1n) is 6.71. The van der Waals surface area contributed by atoms with Crippen molar-refractivity contribution in [3.05, 3.63) is 51.6 Å². The minimum absolute atomic E-state index is 0.103. The fourth-order valence-electron chi connectivity index (χ4n) is 2.73. The molecule has 1 unspecified atom stereocenters. The molecule has 1 atom stereocenters. The molecule has 5 nitrogen and oxygen atoms in total. The first-order valence-corrected chi connectivity index (χ1v) is 7.94. The second kappa shape index (κ2) is 5.57. The van der Waals surface area contributed by atoms with E-state index in [1.165, 1.54) is 23.9 Å². The van der Waals surface area contributed by atoms with Crippen LogP contribution in [0.1, 0.15) is 23.5 Å². The smallest absolute Gasteiger partial charge is 0.279 e. The van der Waals surface area contributed by atoms with Crippen molar-refractivity contribution < 1.29 is 9.18 Å². The number of fused-ring (bicyclic) bond motifs is 1. The van der Waals surface area contributed by atoms with Gasteiger partial charge < -0.3 is 9.88 Å². The van der Waals surface area contributed by atoms with Crippen LogP contribution in [0.3, 0.4) is 0 Å². The molecule has 1 aliphatic heterocycles. The molecule has 3 rings (SSSR count). The van der Waals surface area contributed by atoms with E-state index in [1.54, 1.807) is 23.7 Å². The number of aromatic nitrogens is 2. The van der Waals surface area contributed by atoms with Gasteiger partial charge in [0.25, 0.3) is 5.56 Å². The second-order valence-corrected chi connectivity index (χ2v) is 5.86. The van der Waals surface area contributed by atoms with Crippen molar-refractivity contribution in [1.29, 1.82) is 0 Å². The van der Waals surface area contributed by atoms with E-state index in [-0.39, 0.29) is 17.9 Å². The van der Waals surface area contributed by atoms with E-state index in [4.69, 9.17) is 0 Å². The van der Waals surface area contributed by atoms with Gasteiger partial charge in [0, 0.05) is 19.4 Å². The van der Waals surface area contributed by atoms with Gasteiger partial charge in [-0.25, -0.2) is 4.39 Å². The van der Waals surface area contributed by atoms with Crippen LogP contribution >= 0.6 is 11.8 Å². The molecule has 2 heterocycles. The normalized spacial score (nSPS) is 17.0. The Kier molecular flexibility index (Phi) is 3.74. The summed E-state index contributed by atoms with van der Waals surface area (Å²) < 4.78 is 15.2. The van der Waals surface area contributed by atoms with Crippen molar-refractivity contribution in [2.24, 2.45) is 7.05 Å². The number of nitrogens with one attached hydrogen (secondary N) is 1. The summed E-state index contributed by atoms with van der Waals surface area (Å²) >= 11 is 1.32. The zero-order valence-electron chi connectivity index (χ0n) is 12.1. The molecule has 1 aromatic carbocycles. The Morgan fingerprint density at radius 2 is 2.18 bits per heavy atom. The summed E-state index contributed by atoms with van der Waals surface area (Å²) in [6.07, 6.45) is 1.91. The fraction of sp³-hybridized carbons (Fsp3) is 0.267. The predicted molar refractivity (Wildman–Crippen MR) is 82.7 cm³/mol. The van der Waals surface area contributed by atoms with Crippen molar-refractivity contribution in [2.45, 2.75) is 17.5 Å². The lowest BCUT2D eigenvalue weighted by Crippen LogP contribution is -2.33. The molecule has 1 aromatic heterocycles. The van der Waals surface area contributed by atoms with Gasteiger partial charge in [0.15, 0.2) is 5.16 Å². The molecule has 1 aliphatic rings. The molecular weight excluding hydrogens is 305 g/mol. The Balaban J connectivity index is 2.24. The third-order valence-corrected chi connectivity index (χ3v) is 4.46. The molecule has 0 radical (unpaired) electrons. The quantitative estimate of drug-likeness (QED) is 0.680. The summed E-state index contributed by atoms with van der Waals surface area (Å²) in [6.45, 7) is 0. The van der Waals surface area contributed by atoms with Crippen LogP contribution < -0.4 is 10.9 Å². The van der Waals surface area contributed by atoms with Gasteiger partial charge in [-0.15, -0.1) is 0 Å². The molecule has 22 heavy (non-hydrogen) atoms. The minimum Gasteiger partial charge on any atom is -0.312 e. The number of anilines is 1. The Hall–Kier alpha value is -2.15. The van der Waals surface area contributed by atoms with Crippen molar-refractivity contribution in [1.82, 2.24) is 9.55 Å². The van der Waals surface area contributed by atoms with Crippen molar-refractivity contribution >= 4 is 23.5 Å². The van der Waals surface area contributed by atoms with Gasteiger partial charge >= 0.3 is 0 Å². The van der Waals surface area contributed by atoms with Gasteiger partial charge in [-0.3, -0.25) is 9.59 Å².